The summed E-state index contributed by atoms with van der Waals surface area (Å²) in [5.74, 6) is 0.339. The third-order valence-electron chi connectivity index (χ3n) is 5.25. The summed E-state index contributed by atoms with van der Waals surface area (Å²) in [5, 5.41) is 0.806. The van der Waals surface area contributed by atoms with E-state index in [-0.39, 0.29) is 0 Å². The van der Waals surface area contributed by atoms with Crippen LogP contribution in [0.1, 0.15) is 42.0 Å². The van der Waals surface area contributed by atoms with Gasteiger partial charge in [-0.1, -0.05) is 85.3 Å². The molecule has 0 N–H and O–H groups in total. The van der Waals surface area contributed by atoms with E-state index in [1.807, 2.05) is 6.07 Å². The third kappa shape index (κ3) is 3.02. The number of hydrogen-bond donors (Lipinski definition) is 0. The fourth-order valence-corrected chi connectivity index (χ4v) is 4.02. The molecule has 0 aromatic heterocycles. The summed E-state index contributed by atoms with van der Waals surface area (Å²) >= 11 is 6.25. The SMILES string of the molecule is CC1=C(C=C(c2ccccc2)c2ccccc2)[C@H](C)c2cc(Cl)ccc21. The molecule has 26 heavy (non-hydrogen) atoms. The van der Waals surface area contributed by atoms with Crippen molar-refractivity contribution in [3.05, 3.63) is 118 Å². The summed E-state index contributed by atoms with van der Waals surface area (Å²) in [5.41, 5.74) is 9.07. The van der Waals surface area contributed by atoms with Gasteiger partial charge < -0.3 is 0 Å². The first-order valence-corrected chi connectivity index (χ1v) is 9.36. The summed E-state index contributed by atoms with van der Waals surface area (Å²) in [6.45, 7) is 4.49. The molecular weight excluding hydrogens is 336 g/mol. The molecule has 0 fully saturated rings. The van der Waals surface area contributed by atoms with E-state index in [9.17, 15) is 0 Å². The van der Waals surface area contributed by atoms with E-state index >= 15 is 0 Å². The molecule has 1 heteroatoms. The molecule has 0 unspecified atom stereocenters. The van der Waals surface area contributed by atoms with Gasteiger partial charge in [-0.2, -0.15) is 0 Å². The van der Waals surface area contributed by atoms with Crippen molar-refractivity contribution in [1.29, 1.82) is 0 Å². The van der Waals surface area contributed by atoms with Crippen molar-refractivity contribution >= 4 is 22.7 Å². The summed E-state index contributed by atoms with van der Waals surface area (Å²) < 4.78 is 0. The highest BCUT2D eigenvalue weighted by molar-refractivity contribution is 6.30. The lowest BCUT2D eigenvalue weighted by molar-refractivity contribution is 0.947. The van der Waals surface area contributed by atoms with Gasteiger partial charge in [-0.15, -0.1) is 0 Å². The van der Waals surface area contributed by atoms with Crippen LogP contribution >= 0.6 is 11.6 Å². The van der Waals surface area contributed by atoms with Gasteiger partial charge in [0.15, 0.2) is 0 Å². The van der Waals surface area contributed by atoms with E-state index in [1.165, 1.54) is 39.0 Å². The molecule has 0 amide bonds. The van der Waals surface area contributed by atoms with Gasteiger partial charge in [0.2, 0.25) is 0 Å². The van der Waals surface area contributed by atoms with Crippen LogP contribution in [0.2, 0.25) is 5.02 Å². The highest BCUT2D eigenvalue weighted by Crippen LogP contribution is 2.44. The van der Waals surface area contributed by atoms with Crippen LogP contribution < -0.4 is 0 Å². The van der Waals surface area contributed by atoms with Gasteiger partial charge in [-0.3, -0.25) is 0 Å². The number of halogens is 1. The van der Waals surface area contributed by atoms with Crippen LogP contribution in [0.15, 0.2) is 90.5 Å². The molecule has 0 aliphatic heterocycles. The lowest BCUT2D eigenvalue weighted by atomic mass is 9.91. The van der Waals surface area contributed by atoms with E-state index in [0.717, 1.165) is 5.02 Å². The number of benzene rings is 3. The second-order valence-electron chi connectivity index (χ2n) is 6.82. The molecular formula is C25H21Cl. The van der Waals surface area contributed by atoms with E-state index in [2.05, 4.69) is 92.7 Å². The zero-order valence-corrected chi connectivity index (χ0v) is 15.8. The normalized spacial score (nSPS) is 15.7. The Labute approximate surface area is 160 Å². The predicted octanol–water partition coefficient (Wildman–Crippen LogP) is 7.36. The number of allylic oxidation sites excluding steroid dienone is 3. The zero-order chi connectivity index (χ0) is 18.1. The van der Waals surface area contributed by atoms with Gasteiger partial charge >= 0.3 is 0 Å². The van der Waals surface area contributed by atoms with Crippen LogP contribution in [-0.4, -0.2) is 0 Å². The van der Waals surface area contributed by atoms with Crippen molar-refractivity contribution in [2.24, 2.45) is 0 Å². The monoisotopic (exact) mass is 356 g/mol. The van der Waals surface area contributed by atoms with Crippen LogP contribution in [0.25, 0.3) is 11.1 Å². The highest BCUT2D eigenvalue weighted by Gasteiger charge is 2.25. The lowest BCUT2D eigenvalue weighted by Gasteiger charge is -2.13. The minimum absolute atomic E-state index is 0.339. The summed E-state index contributed by atoms with van der Waals surface area (Å²) in [6.07, 6.45) is 2.36. The molecule has 1 aliphatic rings. The van der Waals surface area contributed by atoms with Crippen molar-refractivity contribution in [3.8, 4) is 0 Å². The Morgan fingerprint density at radius 3 is 2.00 bits per heavy atom. The van der Waals surface area contributed by atoms with E-state index in [0.29, 0.717) is 5.92 Å². The van der Waals surface area contributed by atoms with Crippen LogP contribution in [0.3, 0.4) is 0 Å². The first-order valence-electron chi connectivity index (χ1n) is 8.98. The quantitative estimate of drug-likeness (QED) is 0.459. The molecule has 0 nitrogen and oxygen atoms in total. The molecule has 0 saturated carbocycles. The second kappa shape index (κ2) is 6.97. The van der Waals surface area contributed by atoms with Crippen molar-refractivity contribution < 1.29 is 0 Å². The molecule has 0 saturated heterocycles. The van der Waals surface area contributed by atoms with Crippen molar-refractivity contribution in [2.45, 2.75) is 19.8 Å². The number of hydrogen-bond acceptors (Lipinski definition) is 0. The van der Waals surface area contributed by atoms with E-state index in [1.54, 1.807) is 0 Å². The van der Waals surface area contributed by atoms with E-state index in [4.69, 9.17) is 11.6 Å². The highest BCUT2D eigenvalue weighted by atomic mass is 35.5. The summed E-state index contributed by atoms with van der Waals surface area (Å²) in [6, 6.07) is 27.5. The van der Waals surface area contributed by atoms with E-state index < -0.39 is 0 Å². The Bertz CT molecular complexity index is 953. The smallest absolute Gasteiger partial charge is 0.0409 e. The molecule has 128 valence electrons. The first kappa shape index (κ1) is 16.9. The van der Waals surface area contributed by atoms with Gasteiger partial charge in [0, 0.05) is 10.9 Å². The van der Waals surface area contributed by atoms with Gasteiger partial charge in [-0.05, 0) is 64.1 Å². The molecule has 0 heterocycles. The lowest BCUT2D eigenvalue weighted by Crippen LogP contribution is -1.94. The van der Waals surface area contributed by atoms with Gasteiger partial charge in [0.1, 0.15) is 0 Å². The van der Waals surface area contributed by atoms with Crippen LogP contribution in [0.4, 0.5) is 0 Å². The fourth-order valence-electron chi connectivity index (χ4n) is 3.84. The predicted molar refractivity (Wildman–Crippen MR) is 112 cm³/mol. The Hall–Kier alpha value is -2.57. The molecule has 0 bridgehead atoms. The minimum atomic E-state index is 0.339. The largest absolute Gasteiger partial charge is 0.0843 e. The Morgan fingerprint density at radius 2 is 1.42 bits per heavy atom. The standard InChI is InChI=1S/C25H21Cl/c1-17-22-14-13-21(26)15-24(22)18(2)23(17)16-25(19-9-5-3-6-10-19)20-11-7-4-8-12-20/h3-16,18H,1-2H3/t18-/m0/s1. The Balaban J connectivity index is 1.87. The van der Waals surface area contributed by atoms with Gasteiger partial charge in [0.25, 0.3) is 0 Å². The maximum atomic E-state index is 6.25. The molecule has 0 radical (unpaired) electrons. The maximum absolute atomic E-state index is 6.25. The fraction of sp³-hybridized carbons (Fsp3) is 0.120. The summed E-state index contributed by atoms with van der Waals surface area (Å²) in [4.78, 5) is 0. The molecule has 3 aromatic carbocycles. The molecule has 1 aliphatic carbocycles. The van der Waals surface area contributed by atoms with Crippen molar-refractivity contribution in [3.63, 3.8) is 0 Å². The number of rotatable bonds is 3. The van der Waals surface area contributed by atoms with Crippen LogP contribution in [0.5, 0.6) is 0 Å². The Morgan fingerprint density at radius 1 is 0.846 bits per heavy atom. The topological polar surface area (TPSA) is 0 Å². The zero-order valence-electron chi connectivity index (χ0n) is 15.0. The van der Waals surface area contributed by atoms with Gasteiger partial charge in [-0.25, -0.2) is 0 Å². The first-order chi connectivity index (χ1) is 12.6. The van der Waals surface area contributed by atoms with Crippen LogP contribution in [-0.2, 0) is 0 Å². The van der Waals surface area contributed by atoms with Crippen molar-refractivity contribution in [2.75, 3.05) is 0 Å². The molecule has 4 rings (SSSR count). The summed E-state index contributed by atoms with van der Waals surface area (Å²) in [7, 11) is 0. The average Bonchev–Trinajstić information content (AvgIpc) is 2.91. The third-order valence-corrected chi connectivity index (χ3v) is 5.49. The number of fused-ring (bicyclic) bond motifs is 1. The minimum Gasteiger partial charge on any atom is -0.0843 e. The second-order valence-corrected chi connectivity index (χ2v) is 7.26. The van der Waals surface area contributed by atoms with Gasteiger partial charge in [0.05, 0.1) is 0 Å². The van der Waals surface area contributed by atoms with Crippen molar-refractivity contribution in [1.82, 2.24) is 0 Å². The molecule has 0 spiro atoms. The Kier molecular flexibility index (Phi) is 4.53. The van der Waals surface area contributed by atoms with Crippen LogP contribution in [0, 0.1) is 0 Å². The maximum Gasteiger partial charge on any atom is 0.0409 e. The molecule has 1 atom stereocenters. The average molecular weight is 357 g/mol. The molecule has 3 aromatic rings.